The third kappa shape index (κ3) is 10.2. The van der Waals surface area contributed by atoms with Gasteiger partial charge in [-0.05, 0) is 202 Å². The number of rotatable bonds is 7. The zero-order chi connectivity index (χ0) is 55.8. The van der Waals surface area contributed by atoms with Gasteiger partial charge < -0.3 is 13.7 Å². The van der Waals surface area contributed by atoms with Crippen molar-refractivity contribution in [2.75, 3.05) is 0 Å². The first-order valence-electron chi connectivity index (χ1n) is 27.8. The minimum absolute atomic E-state index is 0.977. The molecule has 0 saturated heterocycles. The minimum Gasteiger partial charge on any atom is -0.309 e. The van der Waals surface area contributed by atoms with Crippen LogP contribution in [0.3, 0.4) is 0 Å². The second kappa shape index (κ2) is 22.9. The van der Waals surface area contributed by atoms with Crippen molar-refractivity contribution in [2.24, 2.45) is 0 Å². The van der Waals surface area contributed by atoms with Crippen LogP contribution in [0.15, 0.2) is 312 Å². The Hall–Kier alpha value is -8.79. The van der Waals surface area contributed by atoms with Gasteiger partial charge >= 0.3 is 0 Å². The summed E-state index contributed by atoms with van der Waals surface area (Å²) in [6, 6.07) is 109. The van der Waals surface area contributed by atoms with Crippen molar-refractivity contribution in [1.29, 1.82) is 0 Å². The van der Waals surface area contributed by atoms with Crippen LogP contribution in [0.1, 0.15) is 11.1 Å². The Bertz CT molecular complexity index is 4830. The van der Waals surface area contributed by atoms with Crippen LogP contribution in [0.25, 0.3) is 117 Å². The molecule has 0 amide bonds. The molecule has 0 bridgehead atoms. The Kier molecular flexibility index (Phi) is 14.4. The van der Waals surface area contributed by atoms with Gasteiger partial charge in [-0.1, -0.05) is 212 Å². The molecule has 0 aliphatic heterocycles. The number of para-hydroxylation sites is 5. The van der Waals surface area contributed by atoms with Gasteiger partial charge in [-0.3, -0.25) is 0 Å². The van der Waals surface area contributed by atoms with E-state index in [0.717, 1.165) is 22.3 Å². The van der Waals surface area contributed by atoms with Crippen LogP contribution in [-0.2, 0) is 6.42 Å². The second-order valence-electron chi connectivity index (χ2n) is 20.8. The predicted molar refractivity (Wildman–Crippen MR) is 365 cm³/mol. The van der Waals surface area contributed by atoms with E-state index in [4.69, 9.17) is 0 Å². The van der Waals surface area contributed by atoms with Crippen molar-refractivity contribution in [3.63, 3.8) is 0 Å². The summed E-state index contributed by atoms with van der Waals surface area (Å²) in [7, 11) is 0. The van der Waals surface area contributed by atoms with E-state index in [1.165, 1.54) is 124 Å². The number of fused-ring (bicyclic) bond motifs is 8. The summed E-state index contributed by atoms with van der Waals surface area (Å²) in [4.78, 5) is 0. The van der Waals surface area contributed by atoms with E-state index in [1.807, 2.05) is 18.2 Å². The monoisotopic (exact) mass is 1300 g/mol. The molecule has 396 valence electrons. The number of benzene rings is 12. The van der Waals surface area contributed by atoms with Crippen LogP contribution < -0.4 is 0 Å². The predicted octanol–water partition coefficient (Wildman–Crippen LogP) is 22.4. The smallest absolute Gasteiger partial charge is 0.0604 e. The zero-order valence-corrected chi connectivity index (χ0v) is 50.4. The first-order valence-corrected chi connectivity index (χ1v) is 30.5. The molecule has 6 heteroatoms. The molecular weight excluding hydrogens is 1250 g/mol. The lowest BCUT2D eigenvalue weighted by atomic mass is 9.99. The van der Waals surface area contributed by atoms with E-state index in [0.29, 0.717) is 0 Å². The largest absolute Gasteiger partial charge is 0.309 e. The van der Waals surface area contributed by atoms with Gasteiger partial charge in [0.2, 0.25) is 0 Å². The lowest BCUT2D eigenvalue weighted by Crippen LogP contribution is -1.98. The molecule has 12 aromatic carbocycles. The molecule has 0 unspecified atom stereocenters. The van der Waals surface area contributed by atoms with Gasteiger partial charge in [0, 0.05) is 51.0 Å². The molecule has 0 fully saturated rings. The van der Waals surface area contributed by atoms with E-state index in [2.05, 4.69) is 353 Å². The number of hydrogen-bond acceptors (Lipinski definition) is 0. The molecule has 3 nitrogen and oxygen atoms in total. The SMILES string of the molecule is Brc1ccccc1-n1c2cc(-c3ccccc3)ccc2c2ccc(-c3cc4ccccc4n3-c3ccccc3)cc21.Brc1ccccc1I.c1ccc(-c2ccc3c(c2)Cc2cc(-c4cc5ccccc5n4-c4ccccc4)ccc2-3)cc1. The number of aromatic nitrogens is 3. The lowest BCUT2D eigenvalue weighted by molar-refractivity contribution is 1.13. The molecule has 0 saturated carbocycles. The van der Waals surface area contributed by atoms with Gasteiger partial charge in [-0.2, -0.15) is 0 Å². The quantitative estimate of drug-likeness (QED) is 0.141. The van der Waals surface area contributed by atoms with Gasteiger partial charge in [-0.15, -0.1) is 0 Å². The highest BCUT2D eigenvalue weighted by Crippen LogP contribution is 2.43. The highest BCUT2D eigenvalue weighted by atomic mass is 127. The van der Waals surface area contributed by atoms with Crippen molar-refractivity contribution in [1.82, 2.24) is 13.7 Å². The van der Waals surface area contributed by atoms with Crippen molar-refractivity contribution < 1.29 is 0 Å². The molecule has 83 heavy (non-hydrogen) atoms. The summed E-state index contributed by atoms with van der Waals surface area (Å²) in [5, 5.41) is 4.97. The summed E-state index contributed by atoms with van der Waals surface area (Å²) >= 11 is 9.52. The molecule has 0 atom stereocenters. The Morgan fingerprint density at radius 1 is 0.289 bits per heavy atom. The van der Waals surface area contributed by atoms with Gasteiger partial charge in [0.25, 0.3) is 0 Å². The minimum atomic E-state index is 0.977. The summed E-state index contributed by atoms with van der Waals surface area (Å²) in [6.45, 7) is 0. The van der Waals surface area contributed by atoms with Crippen molar-refractivity contribution in [2.45, 2.75) is 6.42 Å². The summed E-state index contributed by atoms with van der Waals surface area (Å²) in [5.41, 5.74) is 23.6. The van der Waals surface area contributed by atoms with Gasteiger partial charge in [0.05, 0.1) is 39.1 Å². The van der Waals surface area contributed by atoms with Crippen molar-refractivity contribution >= 4 is 98.1 Å². The van der Waals surface area contributed by atoms with E-state index in [1.54, 1.807) is 0 Å². The average molecular weight is 1310 g/mol. The van der Waals surface area contributed by atoms with Crippen molar-refractivity contribution in [3.8, 4) is 73.0 Å². The Balaban J connectivity index is 0.000000132. The summed E-state index contributed by atoms with van der Waals surface area (Å²) < 4.78 is 10.6. The highest BCUT2D eigenvalue weighted by Gasteiger charge is 2.22. The molecule has 0 radical (unpaired) electrons. The molecular formula is C77H52Br2IN3. The Labute approximate surface area is 513 Å². The molecule has 15 aromatic rings. The van der Waals surface area contributed by atoms with Crippen LogP contribution in [0, 0.1) is 3.57 Å². The van der Waals surface area contributed by atoms with Crippen LogP contribution >= 0.6 is 54.5 Å². The van der Waals surface area contributed by atoms with Crippen LogP contribution in [0.2, 0.25) is 0 Å². The second-order valence-corrected chi connectivity index (χ2v) is 23.7. The fourth-order valence-corrected chi connectivity index (χ4v) is 13.1. The Morgan fingerprint density at radius 3 is 1.20 bits per heavy atom. The number of nitrogens with zero attached hydrogens (tertiary/aromatic N) is 3. The normalized spacial score (nSPS) is 11.5. The zero-order valence-electron chi connectivity index (χ0n) is 45.1. The molecule has 0 spiro atoms. The highest BCUT2D eigenvalue weighted by molar-refractivity contribution is 14.1. The molecule has 3 heterocycles. The topological polar surface area (TPSA) is 14.8 Å². The first kappa shape index (κ1) is 52.3. The van der Waals surface area contributed by atoms with Gasteiger partial charge in [0.1, 0.15) is 0 Å². The molecule has 3 aromatic heterocycles. The van der Waals surface area contributed by atoms with E-state index in [9.17, 15) is 0 Å². The standard InChI is InChI=1S/C38H25BrN2.C33H23N.C6H4BrI/c39-33-16-8-10-18-35(33)41-37-23-27(26-11-3-1-4-12-26)19-21-31(37)32-22-20-29(25-38(32)41)36-24-28-13-7-9-17-34(28)40(36)30-14-5-2-6-15-30;1-3-9-23(10-4-1)24-15-17-30-27(19-24)21-28-20-26(16-18-31(28)30)33-22-25-11-7-8-14-32(25)34(33)29-12-5-2-6-13-29;7-5-3-1-2-4-6(5)8/h1-25H;1-20,22H,21H2;1-4H. The number of halogens is 3. The number of hydrogen-bond donors (Lipinski definition) is 0. The summed E-state index contributed by atoms with van der Waals surface area (Å²) in [5.74, 6) is 0. The van der Waals surface area contributed by atoms with Crippen LogP contribution in [0.4, 0.5) is 0 Å². The first-order chi connectivity index (χ1) is 40.9. The van der Waals surface area contributed by atoms with Crippen LogP contribution in [0.5, 0.6) is 0 Å². The molecule has 1 aliphatic rings. The van der Waals surface area contributed by atoms with Gasteiger partial charge in [-0.25, -0.2) is 0 Å². The van der Waals surface area contributed by atoms with E-state index >= 15 is 0 Å². The fraction of sp³-hybridized carbons (Fsp3) is 0.0130. The maximum atomic E-state index is 3.86. The van der Waals surface area contributed by atoms with E-state index < -0.39 is 0 Å². The van der Waals surface area contributed by atoms with Gasteiger partial charge in [0.15, 0.2) is 0 Å². The fourth-order valence-electron chi connectivity index (χ4n) is 11.9. The maximum absolute atomic E-state index is 3.86. The summed E-state index contributed by atoms with van der Waals surface area (Å²) in [6.07, 6.45) is 0.977. The molecule has 1 aliphatic carbocycles. The molecule has 0 N–H and O–H groups in total. The lowest BCUT2D eigenvalue weighted by Gasteiger charge is -2.13. The Morgan fingerprint density at radius 2 is 0.687 bits per heavy atom. The third-order valence-corrected chi connectivity index (χ3v) is 18.9. The van der Waals surface area contributed by atoms with Crippen LogP contribution in [-0.4, -0.2) is 13.7 Å². The maximum Gasteiger partial charge on any atom is 0.0604 e. The average Bonchev–Trinajstić information content (AvgIpc) is 3.00. The molecule has 16 rings (SSSR count). The van der Waals surface area contributed by atoms with Crippen molar-refractivity contribution in [3.05, 3.63) is 327 Å². The van der Waals surface area contributed by atoms with E-state index in [-0.39, 0.29) is 0 Å². The third-order valence-electron chi connectivity index (χ3n) is 15.8.